The number of halogens is 1. The molecule has 0 saturated heterocycles. The van der Waals surface area contributed by atoms with Crippen LogP contribution in [-0.4, -0.2) is 63.8 Å². The van der Waals surface area contributed by atoms with Gasteiger partial charge in [-0.05, 0) is 58.5 Å². The Balaban J connectivity index is 2.58. The van der Waals surface area contributed by atoms with Crippen LogP contribution in [0.1, 0.15) is 40.5 Å². The molecular formula is C20H35FN4O2S. The molecule has 0 aliphatic carbocycles. The van der Waals surface area contributed by atoms with Crippen LogP contribution >= 0.6 is 0 Å². The molecule has 0 aliphatic rings. The lowest BCUT2D eigenvalue weighted by Gasteiger charge is -2.21. The summed E-state index contributed by atoms with van der Waals surface area (Å²) in [4.78, 5) is 6.47. The zero-order chi connectivity index (χ0) is 21.0. The number of guanidine groups is 1. The van der Waals surface area contributed by atoms with Crippen LogP contribution in [-0.2, 0) is 9.84 Å². The highest BCUT2D eigenvalue weighted by atomic mass is 32.2. The number of rotatable bonds is 12. The molecule has 160 valence electrons. The first-order valence-corrected chi connectivity index (χ1v) is 11.7. The Morgan fingerprint density at radius 3 is 2.50 bits per heavy atom. The summed E-state index contributed by atoms with van der Waals surface area (Å²) in [6, 6.07) is 5.65. The van der Waals surface area contributed by atoms with Crippen molar-refractivity contribution in [2.45, 2.75) is 51.5 Å². The van der Waals surface area contributed by atoms with Crippen LogP contribution in [0.4, 0.5) is 4.39 Å². The largest absolute Gasteiger partial charge is 0.357 e. The fraction of sp³-hybridized carbons (Fsp3) is 0.650. The molecule has 0 saturated carbocycles. The first-order chi connectivity index (χ1) is 13.3. The van der Waals surface area contributed by atoms with Crippen LogP contribution < -0.4 is 10.6 Å². The minimum atomic E-state index is -3.70. The molecular weight excluding hydrogens is 379 g/mol. The highest BCUT2D eigenvalue weighted by Gasteiger charge is 2.18. The van der Waals surface area contributed by atoms with Crippen LogP contribution in [0.25, 0.3) is 0 Å². The van der Waals surface area contributed by atoms with Crippen molar-refractivity contribution in [2.75, 3.05) is 38.5 Å². The fourth-order valence-corrected chi connectivity index (χ4v) is 4.07. The average Bonchev–Trinajstić information content (AvgIpc) is 2.65. The minimum absolute atomic E-state index is 0.0676. The number of nitrogens with one attached hydrogen (secondary N) is 2. The lowest BCUT2D eigenvalue weighted by Crippen LogP contribution is -2.42. The number of aliphatic imine (C=N–C) groups is 1. The fourth-order valence-electron chi connectivity index (χ4n) is 2.87. The normalized spacial score (nSPS) is 13.6. The minimum Gasteiger partial charge on any atom is -0.357 e. The van der Waals surface area contributed by atoms with Gasteiger partial charge >= 0.3 is 0 Å². The third kappa shape index (κ3) is 8.56. The van der Waals surface area contributed by atoms with E-state index in [1.54, 1.807) is 0 Å². The molecule has 0 spiro atoms. The third-order valence-corrected chi connectivity index (χ3v) is 6.26. The maximum Gasteiger partial charge on any atom is 0.191 e. The Labute approximate surface area is 169 Å². The van der Waals surface area contributed by atoms with Crippen molar-refractivity contribution in [2.24, 2.45) is 4.99 Å². The molecule has 0 bridgehead atoms. The molecule has 0 aromatic heterocycles. The Bertz CT molecular complexity index is 706. The van der Waals surface area contributed by atoms with E-state index in [0.717, 1.165) is 38.5 Å². The van der Waals surface area contributed by atoms with Gasteiger partial charge < -0.3 is 15.5 Å². The van der Waals surface area contributed by atoms with Crippen molar-refractivity contribution in [1.82, 2.24) is 15.5 Å². The van der Waals surface area contributed by atoms with Crippen LogP contribution in [0.3, 0.4) is 0 Å². The monoisotopic (exact) mass is 414 g/mol. The van der Waals surface area contributed by atoms with E-state index >= 15 is 0 Å². The van der Waals surface area contributed by atoms with Crippen molar-refractivity contribution in [3.8, 4) is 0 Å². The Morgan fingerprint density at radius 1 is 1.21 bits per heavy atom. The van der Waals surface area contributed by atoms with E-state index in [1.165, 1.54) is 18.2 Å². The molecule has 0 heterocycles. The summed E-state index contributed by atoms with van der Waals surface area (Å²) in [6.07, 6.45) is 2.07. The van der Waals surface area contributed by atoms with Gasteiger partial charge in [-0.3, -0.25) is 4.99 Å². The molecule has 1 aromatic rings. The molecule has 2 N–H and O–H groups in total. The SMILES string of the molecule is CCNC(=NCCS(=O)(=O)c1ccccc1F)NC(C)CCCN(CC)CC. The maximum absolute atomic E-state index is 13.7. The molecule has 8 heteroatoms. The Hall–Kier alpha value is -1.67. The van der Waals surface area contributed by atoms with E-state index in [-0.39, 0.29) is 23.2 Å². The molecule has 1 aromatic carbocycles. The lowest BCUT2D eigenvalue weighted by molar-refractivity contribution is 0.292. The first kappa shape index (κ1) is 24.4. The van der Waals surface area contributed by atoms with Crippen molar-refractivity contribution in [3.63, 3.8) is 0 Å². The van der Waals surface area contributed by atoms with E-state index in [9.17, 15) is 12.8 Å². The second kappa shape index (κ2) is 12.7. The van der Waals surface area contributed by atoms with Gasteiger partial charge in [0, 0.05) is 12.6 Å². The van der Waals surface area contributed by atoms with E-state index in [4.69, 9.17) is 0 Å². The number of benzene rings is 1. The quantitative estimate of drug-likeness (QED) is 0.406. The van der Waals surface area contributed by atoms with Gasteiger partial charge in [0.1, 0.15) is 10.7 Å². The summed E-state index contributed by atoms with van der Waals surface area (Å²) in [5.41, 5.74) is 0. The molecule has 0 radical (unpaired) electrons. The van der Waals surface area contributed by atoms with Gasteiger partial charge in [0.05, 0.1) is 12.3 Å². The predicted octanol–water partition coefficient (Wildman–Crippen LogP) is 2.67. The van der Waals surface area contributed by atoms with Gasteiger partial charge in [0.2, 0.25) is 0 Å². The number of hydrogen-bond donors (Lipinski definition) is 2. The highest BCUT2D eigenvalue weighted by Crippen LogP contribution is 2.15. The number of hydrogen-bond acceptors (Lipinski definition) is 4. The predicted molar refractivity (Wildman–Crippen MR) is 114 cm³/mol. The summed E-state index contributed by atoms with van der Waals surface area (Å²) in [5.74, 6) is -0.374. The molecule has 6 nitrogen and oxygen atoms in total. The summed E-state index contributed by atoms with van der Waals surface area (Å²) in [5, 5.41) is 6.45. The molecule has 0 fully saturated rings. The Kier molecular flexibility index (Phi) is 11.1. The molecule has 1 unspecified atom stereocenters. The van der Waals surface area contributed by atoms with E-state index in [2.05, 4.69) is 41.3 Å². The molecule has 1 atom stereocenters. The summed E-state index contributed by atoms with van der Waals surface area (Å²) < 4.78 is 38.4. The lowest BCUT2D eigenvalue weighted by atomic mass is 10.2. The third-order valence-electron chi connectivity index (χ3n) is 4.53. The Morgan fingerprint density at radius 2 is 1.89 bits per heavy atom. The maximum atomic E-state index is 13.7. The zero-order valence-electron chi connectivity index (χ0n) is 17.5. The van der Waals surface area contributed by atoms with Crippen LogP contribution in [0.5, 0.6) is 0 Å². The van der Waals surface area contributed by atoms with E-state index in [1.807, 2.05) is 6.92 Å². The molecule has 0 aliphatic heterocycles. The van der Waals surface area contributed by atoms with Crippen LogP contribution in [0.2, 0.25) is 0 Å². The zero-order valence-corrected chi connectivity index (χ0v) is 18.4. The second-order valence-corrected chi connectivity index (χ2v) is 8.80. The summed E-state index contributed by atoms with van der Waals surface area (Å²) in [7, 11) is -3.70. The van der Waals surface area contributed by atoms with Crippen molar-refractivity contribution in [3.05, 3.63) is 30.1 Å². The van der Waals surface area contributed by atoms with Gasteiger partial charge in [0.25, 0.3) is 0 Å². The van der Waals surface area contributed by atoms with Gasteiger partial charge in [-0.1, -0.05) is 26.0 Å². The van der Waals surface area contributed by atoms with Crippen LogP contribution in [0, 0.1) is 5.82 Å². The molecule has 28 heavy (non-hydrogen) atoms. The standard InChI is InChI=1S/C20H35FN4O2S/c1-5-22-20(24-17(4)11-10-15-25(6-2)7-3)23-14-16-28(26,27)19-13-9-8-12-18(19)21/h8-9,12-13,17H,5-7,10-11,14-16H2,1-4H3,(H2,22,23,24). The van der Waals surface area contributed by atoms with Gasteiger partial charge in [-0.15, -0.1) is 0 Å². The molecule has 1 rings (SSSR count). The van der Waals surface area contributed by atoms with Crippen molar-refractivity contribution < 1.29 is 12.8 Å². The first-order valence-electron chi connectivity index (χ1n) is 10.1. The van der Waals surface area contributed by atoms with Crippen molar-refractivity contribution in [1.29, 1.82) is 0 Å². The van der Waals surface area contributed by atoms with Crippen LogP contribution in [0.15, 0.2) is 34.2 Å². The topological polar surface area (TPSA) is 73.8 Å². The summed E-state index contributed by atoms with van der Waals surface area (Å²) >= 11 is 0. The van der Waals surface area contributed by atoms with E-state index in [0.29, 0.717) is 12.5 Å². The van der Waals surface area contributed by atoms with E-state index < -0.39 is 15.7 Å². The molecule has 0 amide bonds. The van der Waals surface area contributed by atoms with Crippen molar-refractivity contribution >= 4 is 15.8 Å². The van der Waals surface area contributed by atoms with Gasteiger partial charge in [0.15, 0.2) is 15.8 Å². The highest BCUT2D eigenvalue weighted by molar-refractivity contribution is 7.91. The van der Waals surface area contributed by atoms with Gasteiger partial charge in [-0.2, -0.15) is 0 Å². The summed E-state index contributed by atoms with van der Waals surface area (Å²) in [6.45, 7) is 12.3. The van der Waals surface area contributed by atoms with Gasteiger partial charge in [-0.25, -0.2) is 12.8 Å². The average molecular weight is 415 g/mol. The second-order valence-electron chi connectivity index (χ2n) is 6.72. The smallest absolute Gasteiger partial charge is 0.191 e. The number of nitrogens with zero attached hydrogens (tertiary/aromatic N) is 2. The number of sulfone groups is 1.